The molecule has 17 heavy (non-hydrogen) atoms. The fraction of sp³-hybridized carbons (Fsp3) is 0.412. The molecule has 0 saturated heterocycles. The van der Waals surface area contributed by atoms with Crippen molar-refractivity contribution in [3.05, 3.63) is 60.3 Å². The van der Waals surface area contributed by atoms with Gasteiger partial charge in [0.15, 0.2) is 0 Å². The molecule has 0 bridgehead atoms. The first-order valence-electron chi connectivity index (χ1n) is 6.42. The van der Waals surface area contributed by atoms with E-state index in [9.17, 15) is 0 Å². The van der Waals surface area contributed by atoms with Gasteiger partial charge in [-0.1, -0.05) is 76.8 Å². The molecular formula is C17H30. The highest BCUT2D eigenvalue weighted by Crippen LogP contribution is 2.15. The summed E-state index contributed by atoms with van der Waals surface area (Å²) in [5.74, 6) is 0. The minimum atomic E-state index is 1.08. The molecule has 0 saturated carbocycles. The summed E-state index contributed by atoms with van der Waals surface area (Å²) in [5.41, 5.74) is 3.49. The van der Waals surface area contributed by atoms with Gasteiger partial charge in [-0.05, 0) is 31.9 Å². The highest BCUT2D eigenvalue weighted by Gasteiger charge is 1.95. The van der Waals surface area contributed by atoms with Gasteiger partial charge in [-0.2, -0.15) is 0 Å². The maximum absolute atomic E-state index is 3.93. The number of hydrogen-bond acceptors (Lipinski definition) is 0. The summed E-state index contributed by atoms with van der Waals surface area (Å²) in [6.45, 7) is 21.7. The Hall–Kier alpha value is -1.30. The molecule has 0 N–H and O–H groups in total. The zero-order valence-electron chi connectivity index (χ0n) is 12.8. The Bertz CT molecular complexity index is 272. The van der Waals surface area contributed by atoms with Crippen LogP contribution < -0.4 is 0 Å². The van der Waals surface area contributed by atoms with Crippen molar-refractivity contribution in [2.24, 2.45) is 0 Å². The first-order chi connectivity index (χ1) is 8.13. The molecule has 0 heteroatoms. The third-order valence-electron chi connectivity index (χ3n) is 1.70. The summed E-state index contributed by atoms with van der Waals surface area (Å²) in [7, 11) is 0. The average Bonchev–Trinajstić information content (AvgIpc) is 2.34. The van der Waals surface area contributed by atoms with Crippen molar-refractivity contribution in [3.8, 4) is 0 Å². The van der Waals surface area contributed by atoms with Crippen molar-refractivity contribution in [1.29, 1.82) is 0 Å². The van der Waals surface area contributed by atoms with Gasteiger partial charge < -0.3 is 0 Å². The second kappa shape index (κ2) is 17.1. The van der Waals surface area contributed by atoms with Crippen LogP contribution in [0.25, 0.3) is 0 Å². The second-order valence-electron chi connectivity index (χ2n) is 2.97. The van der Waals surface area contributed by atoms with Crippen molar-refractivity contribution < 1.29 is 0 Å². The SMILES string of the molecule is C=C\C=C/C(C(=C)C)=C(C)/C=C\C.CC.CC. The van der Waals surface area contributed by atoms with Crippen molar-refractivity contribution in [1.82, 2.24) is 0 Å². The average molecular weight is 234 g/mol. The molecule has 0 aliphatic carbocycles. The Kier molecular flexibility index (Phi) is 21.2. The van der Waals surface area contributed by atoms with Crippen molar-refractivity contribution in [2.75, 3.05) is 0 Å². The summed E-state index contributed by atoms with van der Waals surface area (Å²) in [6.07, 6.45) is 9.84. The van der Waals surface area contributed by atoms with Crippen molar-refractivity contribution in [2.45, 2.75) is 48.5 Å². The Morgan fingerprint density at radius 3 is 1.71 bits per heavy atom. The molecule has 0 aromatic rings. The lowest BCUT2D eigenvalue weighted by atomic mass is 10.0. The highest BCUT2D eigenvalue weighted by atomic mass is 14.0. The molecule has 0 aromatic heterocycles. The summed E-state index contributed by atoms with van der Waals surface area (Å²) in [4.78, 5) is 0. The molecule has 98 valence electrons. The van der Waals surface area contributed by atoms with Crippen LogP contribution in [0.5, 0.6) is 0 Å². The summed E-state index contributed by atoms with van der Waals surface area (Å²) >= 11 is 0. The maximum Gasteiger partial charge on any atom is -0.0204 e. The van der Waals surface area contributed by atoms with E-state index in [1.807, 2.05) is 59.8 Å². The summed E-state index contributed by atoms with van der Waals surface area (Å²) in [5, 5.41) is 0. The van der Waals surface area contributed by atoms with Gasteiger partial charge in [-0.3, -0.25) is 0 Å². The van der Waals surface area contributed by atoms with Crippen LogP contribution in [0.3, 0.4) is 0 Å². The molecule has 0 heterocycles. The van der Waals surface area contributed by atoms with Gasteiger partial charge in [0, 0.05) is 0 Å². The maximum atomic E-state index is 3.93. The largest absolute Gasteiger partial charge is 0.0991 e. The highest BCUT2D eigenvalue weighted by molar-refractivity contribution is 5.44. The molecule has 0 nitrogen and oxygen atoms in total. The lowest BCUT2D eigenvalue weighted by Gasteiger charge is -2.03. The molecule has 0 spiro atoms. The van der Waals surface area contributed by atoms with E-state index in [1.54, 1.807) is 6.08 Å². The lowest BCUT2D eigenvalue weighted by molar-refractivity contribution is 1.35. The van der Waals surface area contributed by atoms with E-state index in [-0.39, 0.29) is 0 Å². The Labute approximate surface area is 109 Å². The third-order valence-corrected chi connectivity index (χ3v) is 1.70. The predicted octanol–water partition coefficient (Wildman–Crippen LogP) is 6.25. The molecule has 0 atom stereocenters. The predicted molar refractivity (Wildman–Crippen MR) is 84.4 cm³/mol. The third kappa shape index (κ3) is 12.6. The molecule has 0 rings (SSSR count). The van der Waals surface area contributed by atoms with E-state index >= 15 is 0 Å². The van der Waals surface area contributed by atoms with Crippen LogP contribution in [0.4, 0.5) is 0 Å². The Balaban J connectivity index is -0.000000439. The van der Waals surface area contributed by atoms with Gasteiger partial charge in [-0.15, -0.1) is 0 Å². The number of hydrogen-bond donors (Lipinski definition) is 0. The van der Waals surface area contributed by atoms with Gasteiger partial charge in [0.1, 0.15) is 0 Å². The van der Waals surface area contributed by atoms with E-state index in [1.165, 1.54) is 11.1 Å². The van der Waals surface area contributed by atoms with E-state index in [0.717, 1.165) is 5.57 Å². The minimum absolute atomic E-state index is 1.08. The van der Waals surface area contributed by atoms with Gasteiger partial charge >= 0.3 is 0 Å². The van der Waals surface area contributed by atoms with E-state index in [2.05, 4.69) is 26.2 Å². The zero-order valence-corrected chi connectivity index (χ0v) is 12.8. The van der Waals surface area contributed by atoms with Gasteiger partial charge in [0.25, 0.3) is 0 Å². The second-order valence-corrected chi connectivity index (χ2v) is 2.97. The topological polar surface area (TPSA) is 0 Å². The quantitative estimate of drug-likeness (QED) is 0.504. The molecule has 0 fully saturated rings. The van der Waals surface area contributed by atoms with Gasteiger partial charge in [-0.25, -0.2) is 0 Å². The van der Waals surface area contributed by atoms with Crippen LogP contribution in [0.2, 0.25) is 0 Å². The fourth-order valence-electron chi connectivity index (χ4n) is 1.11. The smallest absolute Gasteiger partial charge is 0.0204 e. The van der Waals surface area contributed by atoms with Crippen molar-refractivity contribution in [3.63, 3.8) is 0 Å². The van der Waals surface area contributed by atoms with E-state index in [4.69, 9.17) is 0 Å². The summed E-state index contributed by atoms with van der Waals surface area (Å²) < 4.78 is 0. The molecule has 0 amide bonds. The lowest BCUT2D eigenvalue weighted by Crippen LogP contribution is -1.83. The normalized spacial score (nSPS) is 11.0. The monoisotopic (exact) mass is 234 g/mol. The van der Waals surface area contributed by atoms with Crippen molar-refractivity contribution >= 4 is 0 Å². The standard InChI is InChI=1S/C13H18.2C2H6/c1-6-8-10-13(11(3)4)12(5)9-7-2;2*1-2/h6-10H,1,3H2,2,4-5H3;2*1-2H3/b9-7-,10-8-,13-12-;;. The van der Waals surface area contributed by atoms with Gasteiger partial charge in [0.05, 0.1) is 0 Å². The van der Waals surface area contributed by atoms with Crippen LogP contribution in [0.15, 0.2) is 60.3 Å². The zero-order chi connectivity index (χ0) is 14.3. The van der Waals surface area contributed by atoms with Crippen LogP contribution in [-0.4, -0.2) is 0 Å². The molecule has 0 radical (unpaired) electrons. The molecule has 0 unspecified atom stereocenters. The number of allylic oxidation sites excluding steroid dienone is 8. The molecule has 0 aromatic carbocycles. The molecule has 0 aliphatic rings. The number of rotatable bonds is 4. The van der Waals surface area contributed by atoms with Crippen LogP contribution >= 0.6 is 0 Å². The summed E-state index contributed by atoms with van der Waals surface area (Å²) in [6, 6.07) is 0. The molecular weight excluding hydrogens is 204 g/mol. The first kappa shape index (κ1) is 21.0. The minimum Gasteiger partial charge on any atom is -0.0991 e. The van der Waals surface area contributed by atoms with E-state index < -0.39 is 0 Å². The first-order valence-corrected chi connectivity index (χ1v) is 6.42. The molecule has 0 aliphatic heterocycles. The Morgan fingerprint density at radius 1 is 0.941 bits per heavy atom. The van der Waals surface area contributed by atoms with Crippen LogP contribution in [0.1, 0.15) is 48.5 Å². The Morgan fingerprint density at radius 2 is 1.41 bits per heavy atom. The van der Waals surface area contributed by atoms with Crippen LogP contribution in [-0.2, 0) is 0 Å². The fourth-order valence-corrected chi connectivity index (χ4v) is 1.11. The van der Waals surface area contributed by atoms with Crippen LogP contribution in [0, 0.1) is 0 Å². The van der Waals surface area contributed by atoms with E-state index in [0.29, 0.717) is 0 Å². The van der Waals surface area contributed by atoms with Gasteiger partial charge in [0.2, 0.25) is 0 Å².